The minimum absolute atomic E-state index is 0. The summed E-state index contributed by atoms with van der Waals surface area (Å²) in [7, 11) is -51.2. The molecular weight excluding hydrogens is 2270 g/mol. The number of halogens is 27. The van der Waals surface area contributed by atoms with Crippen LogP contribution in [0.2, 0.25) is 0 Å². The summed E-state index contributed by atoms with van der Waals surface area (Å²) in [5.74, 6) is 0. The summed E-state index contributed by atoms with van der Waals surface area (Å²) in [5.41, 5.74) is 1.22. The Labute approximate surface area is 840 Å². The Morgan fingerprint density at radius 2 is 0.682 bits per heavy atom. The second kappa shape index (κ2) is 103. The monoisotopic (exact) mass is 2300 g/mol. The van der Waals surface area contributed by atoms with E-state index in [4.69, 9.17) is 67.3 Å². The molecule has 0 radical (unpaired) electrons. The number of likely N-dealkylation sites (N-methyl/N-ethyl adjacent to an activating group) is 1. The Morgan fingerprint density at radius 3 is 0.773 bits per heavy atom. The van der Waals surface area contributed by atoms with Crippen molar-refractivity contribution in [1.29, 1.82) is 0 Å². The van der Waals surface area contributed by atoms with Crippen LogP contribution in [-0.2, 0) is 144 Å². The van der Waals surface area contributed by atoms with Crippen LogP contribution >= 0.6 is 71.2 Å². The third kappa shape index (κ3) is 146. The summed E-state index contributed by atoms with van der Waals surface area (Å²) in [6, 6.07) is -16.6. The first-order chi connectivity index (χ1) is 55.4. The molecule has 110 heteroatoms. The molecule has 0 atom stereocenters. The van der Waals surface area contributed by atoms with Crippen molar-refractivity contribution in [1.82, 2.24) is 58.5 Å². The van der Waals surface area contributed by atoms with E-state index in [0.717, 1.165) is 11.9 Å². The zero-order valence-corrected chi connectivity index (χ0v) is 80.7. The Bertz CT molecular complexity index is 4040. The molecule has 0 bridgehead atoms. The molecule has 57 nitrogen and oxygen atoms in total. The van der Waals surface area contributed by atoms with Gasteiger partial charge in [0.2, 0.25) is 0 Å². The number of hydrogen-bond acceptors (Lipinski definition) is 40. The van der Waals surface area contributed by atoms with Crippen LogP contribution in [0.5, 0.6) is 0 Å². The van der Waals surface area contributed by atoms with Gasteiger partial charge in [0.1, 0.15) is 0 Å². The standard InChI is InChI=1S/C4H7F2N2O2P.C3H4F3N2O2P.C3H6F3N2O2P.C3H4F2N2O3S.2C2H4F3N2O2P.C2H4F2N2O2P.2CH2F3N2O2P.CHF3N2O2P.8Li.8O2S/c1-7-2-3-8(4(7)9)11(5,6)10;4-7-1-2-8(3(7)9)11(5,6)10;1-7(4)3(9)8(2)11(5,6)10;4-6-1-2-7(3(6)8)11(5,9)10;1-7(3)2(8)6-10(4,5)9;1-7(2(8)6-3)10(4,5)9;1-5-2(7)6-9(3,4)8;3*2-5-1(7)6-9(3,4)8;;;;;;;;;8*1-3-2/h2-3H2,1H3;1-2H2;1-2H3;1-2H2;1H3,(H,6,8,9);1H3,(H,6,8);1H3,(H-,5,6,7,8);2*(H2,5,6,7,8);(H-,5,6,7,8);;;;;;;;;;;;;;;;/q;;;;;;-1;;;-1;8*+1;;;;;;;;/p-6. The van der Waals surface area contributed by atoms with Crippen LogP contribution in [0.3, 0.4) is 0 Å². The van der Waals surface area contributed by atoms with Crippen LogP contribution in [0.15, 0.2) is 20.4 Å². The van der Waals surface area contributed by atoms with Crippen molar-refractivity contribution in [2.45, 2.75) is 0 Å². The molecule has 3 rings (SSSR count). The first-order valence-corrected chi connectivity index (χ1v) is 43.6. The number of amides is 12. The minimum Gasteiger partial charge on any atom is -0.844 e. The van der Waals surface area contributed by atoms with Crippen molar-refractivity contribution in [3.05, 3.63) is 21.0 Å². The number of hydrogen-bond donors (Lipinski definition) is 2. The molecule has 3 fully saturated rings. The fourth-order valence-corrected chi connectivity index (χ4v) is 7.18. The predicted octanol–water partition coefficient (Wildman–Crippen LogP) is -17.7. The van der Waals surface area contributed by atoms with Crippen LogP contribution in [-0.4, -0.2) is 266 Å². The van der Waals surface area contributed by atoms with E-state index in [-0.39, 0.29) is 183 Å². The van der Waals surface area contributed by atoms with Crippen LogP contribution in [0.25, 0.3) is 21.0 Å². The molecule has 0 aromatic heterocycles. The summed E-state index contributed by atoms with van der Waals surface area (Å²) in [4.78, 5) is 62.3. The molecule has 3 aliphatic rings. The van der Waals surface area contributed by atoms with Gasteiger partial charge in [-0.25, -0.2) is 70.3 Å². The van der Waals surface area contributed by atoms with E-state index in [9.17, 15) is 214 Å². The van der Waals surface area contributed by atoms with Crippen molar-refractivity contribution in [3.8, 4) is 0 Å². The molecule has 12 amide bonds. The van der Waals surface area contributed by atoms with E-state index in [0.29, 0.717) is 38.4 Å². The molecule has 0 saturated carbocycles. The maximum absolute atomic E-state index is 12.1. The number of rotatable bonds is 10. The normalized spacial score (nSPS) is 11.9. The van der Waals surface area contributed by atoms with Crippen molar-refractivity contribution in [2.24, 2.45) is 20.4 Å². The first-order valence-electron chi connectivity index (χ1n) is 23.9. The predicted molar refractivity (Wildman–Crippen MR) is 344 cm³/mol. The maximum atomic E-state index is 12.1. The summed E-state index contributed by atoms with van der Waals surface area (Å²) < 4.78 is 549. The number of amidine groups is 4. The van der Waals surface area contributed by atoms with E-state index in [1.54, 1.807) is 9.85 Å². The van der Waals surface area contributed by atoms with Gasteiger partial charge in [0.05, 0.1) is 56.8 Å². The van der Waals surface area contributed by atoms with Gasteiger partial charge in [-0.3, -0.25) is 24.0 Å². The fourth-order valence-electron chi connectivity index (χ4n) is 3.39. The molecule has 738 valence electrons. The van der Waals surface area contributed by atoms with Crippen LogP contribution in [0.1, 0.15) is 0 Å². The summed E-state index contributed by atoms with van der Waals surface area (Å²) >= 11 is -6.00. The molecule has 3 saturated heterocycles. The van der Waals surface area contributed by atoms with Gasteiger partial charge in [0.25, 0.3) is 0 Å². The zero-order chi connectivity index (χ0) is 104. The summed E-state index contributed by atoms with van der Waals surface area (Å²) in [6.45, 7) is -1.84. The fraction of sp³-hybridized carbons (Fsp3) is 0.545. The third-order valence-corrected chi connectivity index (χ3v) is 13.8. The van der Waals surface area contributed by atoms with Gasteiger partial charge in [0, 0.05) is 41.8 Å². The average Bonchev–Trinajstić information content (AvgIpc) is 1.70. The van der Waals surface area contributed by atoms with Gasteiger partial charge in [-0.05, 0) is 12.1 Å². The molecule has 0 aliphatic carbocycles. The molecule has 3 heterocycles. The van der Waals surface area contributed by atoms with Gasteiger partial charge in [-0.15, -0.1) is 65.8 Å². The smallest absolute Gasteiger partial charge is 0.844 e. The second-order valence-corrected chi connectivity index (χ2v) is 28.3. The summed E-state index contributed by atoms with van der Waals surface area (Å²) in [6.07, 6.45) is 0. The quantitative estimate of drug-likeness (QED) is 0.0390. The topological polar surface area (TPSA) is 818 Å². The van der Waals surface area contributed by atoms with Gasteiger partial charge in [0.15, 0.2) is 0 Å². The summed E-state index contributed by atoms with van der Waals surface area (Å²) in [5, 5.41) is 48.0. The number of carbonyl (C=O) groups excluding carboxylic acids is 6. The largest absolute Gasteiger partial charge is 1.00 e. The Kier molecular flexibility index (Phi) is 146. The van der Waals surface area contributed by atoms with Crippen LogP contribution < -0.4 is 181 Å². The van der Waals surface area contributed by atoms with E-state index in [1.807, 2.05) is 5.09 Å². The van der Waals surface area contributed by atoms with E-state index < -0.39 is 285 Å². The van der Waals surface area contributed by atoms with Crippen LogP contribution in [0.4, 0.5) is 144 Å². The van der Waals surface area contributed by atoms with E-state index in [2.05, 4.69) is 5.32 Å². The first kappa shape index (κ1) is 187. The van der Waals surface area contributed by atoms with Gasteiger partial charge in [-0.2, -0.15) is 117 Å². The van der Waals surface area contributed by atoms with Gasteiger partial charge in [-0.1, -0.05) is 50.9 Å². The number of carbonyl (C=O) groups is 6. The molecule has 2 N–H and O–H groups in total. The SMILES string of the molecule is CN(C([O-])=NF)P(=O)(F)F.CN(F)C(=O)N(C)P(=O)(F)F.CN(F)C([O-])=NP(=O)(F)F.CN1CCN(P(=O)(F)F)C1=O.C[N-]C(=O)[N-]P(=O)(F)F.O=C([N-]F)[N-]P(=O)(F)F.O=C1N(F)CCN1P(=O)(F)F.O=C1N(F)CCN1S(=O)(=O)F.O=P(F)(F)NC([O-])=NF.O=P(F)(F)NC([O-])=NF.O=S=O.O=S=O.O=S=O.O=S=O.O=S=O.O=S=O.O=S=O.O=S=O.[Li+].[Li+].[Li+].[Li+].[Li+].[Li+].[Li+].[Li+]. The third-order valence-electron chi connectivity index (χ3n) is 7.20. The number of urea groups is 6. The van der Waals surface area contributed by atoms with Crippen molar-refractivity contribution < 1.29 is 432 Å². The van der Waals surface area contributed by atoms with Crippen LogP contribution in [0, 0.1) is 0 Å². The Morgan fingerprint density at radius 1 is 0.424 bits per heavy atom. The van der Waals surface area contributed by atoms with Crippen molar-refractivity contribution >= 4 is 234 Å². The zero-order valence-electron chi connectivity index (χ0n) is 65.3. The number of nitrogens with zero attached hydrogens (tertiary/aromatic N) is 18. The molecule has 0 aromatic carbocycles. The average molecular weight is 2300 g/mol. The van der Waals surface area contributed by atoms with Crippen molar-refractivity contribution in [3.63, 3.8) is 0 Å². The molecule has 132 heavy (non-hydrogen) atoms. The van der Waals surface area contributed by atoms with E-state index >= 15 is 0 Å². The minimum atomic E-state index is -5.80. The van der Waals surface area contributed by atoms with Gasteiger partial charge < -0.3 is 60.4 Å². The molecular formula is C22H32F27Li8N20O37P9S9. The molecule has 0 unspecified atom stereocenters. The van der Waals surface area contributed by atoms with Gasteiger partial charge >= 0.3 is 349 Å². The Balaban J connectivity index is -0.0000000460. The molecule has 0 aromatic rings. The molecule has 0 spiro atoms. The number of nitrogens with one attached hydrogen (secondary N) is 2. The Hall–Kier alpha value is -3.83. The maximum Gasteiger partial charge on any atom is 1.00 e. The second-order valence-electron chi connectivity index (χ2n) is 14.8. The molecule has 3 aliphatic heterocycles. The van der Waals surface area contributed by atoms with Crippen molar-refractivity contribution in [2.75, 3.05) is 81.6 Å². The van der Waals surface area contributed by atoms with E-state index in [1.165, 1.54) is 28.2 Å².